The van der Waals surface area contributed by atoms with Gasteiger partial charge < -0.3 is 49.8 Å². The minimum absolute atomic E-state index is 0.0509. The number of rotatable bonds is 5. The highest BCUT2D eigenvalue weighted by molar-refractivity contribution is 6.22. The van der Waals surface area contributed by atoms with Crippen LogP contribution in [0.15, 0.2) is 36.1 Å². The first-order chi connectivity index (χ1) is 27.7. The molecule has 0 radical (unpaired) electrons. The largest absolute Gasteiger partial charge is 0.507 e. The SMILES string of the molecule is COC1/C=C/OC2(C)Oc3c(C)c(O)c4c(O)c(c(CN(C)C5CCCCC5)c(O)c4c3C2=O)NC(=O)/C(C)=C\C=C\C(C)C(O)C(C)C(O)C(C)C(OC(C)=O)C1C. The Bertz CT molecular complexity index is 2020. The lowest BCUT2D eigenvalue weighted by atomic mass is 9.78. The van der Waals surface area contributed by atoms with Crippen molar-refractivity contribution in [2.24, 2.45) is 23.7 Å². The van der Waals surface area contributed by atoms with Gasteiger partial charge in [-0.15, -0.1) is 0 Å². The lowest BCUT2D eigenvalue weighted by Gasteiger charge is -2.38. The number of phenols is 3. The van der Waals surface area contributed by atoms with E-state index in [9.17, 15) is 39.9 Å². The summed E-state index contributed by atoms with van der Waals surface area (Å²) >= 11 is 0. The molecule has 2 aromatic carbocycles. The van der Waals surface area contributed by atoms with E-state index in [0.29, 0.717) is 0 Å². The standard InChI is InChI=1S/C45H62N2O12/c1-22-15-14-16-23(2)44(55)46-35-30(21-47(9)29-17-12-11-13-18-29)39(52)32-33(40(35)53)38(51)27(6)42-34(32)43(54)45(8,59-42)57-20-19-31(56-10)24(3)41(58-28(7)48)26(5)37(50)25(4)36(22)49/h14-16,19-20,22,24-26,29,31,36-37,41,49-53H,11-13,17-18,21H2,1-10H3,(H,46,55)/b15-14+,20-19+,23-16-. The second-order valence-corrected chi connectivity index (χ2v) is 16.9. The van der Waals surface area contributed by atoms with Crippen molar-refractivity contribution in [2.45, 2.75) is 130 Å². The van der Waals surface area contributed by atoms with Crippen molar-refractivity contribution in [1.29, 1.82) is 0 Å². The average molecular weight is 823 g/mol. The molecule has 0 aromatic heterocycles. The fraction of sp³-hybridized carbons (Fsp3) is 0.578. The number of amides is 1. The quantitative estimate of drug-likeness (QED) is 0.108. The molecule has 59 heavy (non-hydrogen) atoms. The molecule has 2 aromatic rings. The maximum Gasteiger partial charge on any atom is 0.312 e. The van der Waals surface area contributed by atoms with Gasteiger partial charge in [0.1, 0.15) is 23.4 Å². The summed E-state index contributed by atoms with van der Waals surface area (Å²) in [6.45, 7) is 12.8. The molecular weight excluding hydrogens is 760 g/mol. The van der Waals surface area contributed by atoms with Crippen LogP contribution in [0, 0.1) is 30.6 Å². The first-order valence-electron chi connectivity index (χ1n) is 20.5. The number of hydrogen-bond donors (Lipinski definition) is 6. The number of nitrogens with one attached hydrogen (secondary N) is 1. The van der Waals surface area contributed by atoms with Crippen molar-refractivity contribution >= 4 is 34.1 Å². The molecule has 3 aliphatic heterocycles. The summed E-state index contributed by atoms with van der Waals surface area (Å²) in [6, 6.07) is 0.162. The molecule has 1 saturated carbocycles. The predicted octanol–water partition coefficient (Wildman–Crippen LogP) is 6.52. The Hall–Kier alpha value is -4.63. The van der Waals surface area contributed by atoms with Gasteiger partial charge in [-0.25, -0.2) is 0 Å². The van der Waals surface area contributed by atoms with Gasteiger partial charge in [0.15, 0.2) is 5.75 Å². The van der Waals surface area contributed by atoms with Crippen molar-refractivity contribution in [3.63, 3.8) is 0 Å². The highest BCUT2D eigenvalue weighted by atomic mass is 16.7. The third kappa shape index (κ3) is 8.96. The molecule has 9 atom stereocenters. The number of hydrogen-bond acceptors (Lipinski definition) is 13. The molecule has 324 valence electrons. The van der Waals surface area contributed by atoms with Crippen molar-refractivity contribution in [2.75, 3.05) is 19.5 Å². The van der Waals surface area contributed by atoms with E-state index in [1.165, 1.54) is 46.3 Å². The number of ether oxygens (including phenoxy) is 4. The van der Waals surface area contributed by atoms with Crippen molar-refractivity contribution < 1.29 is 58.9 Å². The van der Waals surface area contributed by atoms with Crippen molar-refractivity contribution in [1.82, 2.24) is 4.90 Å². The van der Waals surface area contributed by atoms with Crippen LogP contribution in [-0.4, -0.2) is 98.5 Å². The summed E-state index contributed by atoms with van der Waals surface area (Å²) in [5.41, 5.74) is 0.209. The van der Waals surface area contributed by atoms with Crippen LogP contribution in [0.3, 0.4) is 0 Å². The van der Waals surface area contributed by atoms with Crippen LogP contribution in [0.1, 0.15) is 102 Å². The summed E-state index contributed by atoms with van der Waals surface area (Å²) in [7, 11) is 3.35. The van der Waals surface area contributed by atoms with E-state index in [-0.39, 0.29) is 57.1 Å². The van der Waals surface area contributed by atoms with Gasteiger partial charge in [0.25, 0.3) is 11.7 Å². The molecule has 3 heterocycles. The first-order valence-corrected chi connectivity index (χ1v) is 20.5. The van der Waals surface area contributed by atoms with Crippen LogP contribution in [-0.2, 0) is 30.3 Å². The van der Waals surface area contributed by atoms with E-state index in [2.05, 4.69) is 5.32 Å². The van der Waals surface area contributed by atoms with Crippen LogP contribution >= 0.6 is 0 Å². The summed E-state index contributed by atoms with van der Waals surface area (Å²) in [6.07, 6.45) is 8.81. The number of esters is 1. The van der Waals surface area contributed by atoms with E-state index < -0.39 is 88.8 Å². The van der Waals surface area contributed by atoms with Crippen LogP contribution in [0.25, 0.3) is 10.8 Å². The number of ketones is 1. The van der Waals surface area contributed by atoms with E-state index in [1.807, 2.05) is 11.9 Å². The Morgan fingerprint density at radius 1 is 0.932 bits per heavy atom. The van der Waals surface area contributed by atoms with Crippen molar-refractivity contribution in [3.8, 4) is 23.0 Å². The molecule has 4 aliphatic rings. The number of anilines is 1. The Balaban J connectivity index is 1.70. The number of methoxy groups -OCH3 is 1. The molecule has 5 bridgehead atoms. The fourth-order valence-electron chi connectivity index (χ4n) is 8.84. The van der Waals surface area contributed by atoms with Gasteiger partial charge in [-0.05, 0) is 39.8 Å². The zero-order chi connectivity index (χ0) is 43.7. The molecule has 0 spiro atoms. The highest BCUT2D eigenvalue weighted by Gasteiger charge is 2.50. The normalized spacial score (nSPS) is 32.0. The second-order valence-electron chi connectivity index (χ2n) is 16.9. The predicted molar refractivity (Wildman–Crippen MR) is 222 cm³/mol. The Morgan fingerprint density at radius 2 is 1.59 bits per heavy atom. The van der Waals surface area contributed by atoms with E-state index >= 15 is 0 Å². The van der Waals surface area contributed by atoms with Crippen LogP contribution in [0.5, 0.6) is 23.0 Å². The summed E-state index contributed by atoms with van der Waals surface area (Å²) in [4.78, 5) is 42.7. The smallest absolute Gasteiger partial charge is 0.312 e. The van der Waals surface area contributed by atoms with Crippen LogP contribution < -0.4 is 10.1 Å². The van der Waals surface area contributed by atoms with Gasteiger partial charge >= 0.3 is 11.8 Å². The summed E-state index contributed by atoms with van der Waals surface area (Å²) in [5.74, 6) is -7.81. The number of aliphatic hydroxyl groups is 2. The molecule has 1 amide bonds. The van der Waals surface area contributed by atoms with Crippen molar-refractivity contribution in [3.05, 3.63) is 52.8 Å². The molecule has 9 unspecified atom stereocenters. The summed E-state index contributed by atoms with van der Waals surface area (Å²) in [5, 5.41) is 61.2. The number of aromatic hydroxyl groups is 3. The lowest BCUT2D eigenvalue weighted by molar-refractivity contribution is -0.160. The number of carbonyl (C=O) groups is 3. The van der Waals surface area contributed by atoms with Gasteiger partial charge in [-0.1, -0.05) is 65.2 Å². The van der Waals surface area contributed by atoms with Crippen LogP contribution in [0.4, 0.5) is 5.69 Å². The van der Waals surface area contributed by atoms with Crippen LogP contribution in [0.2, 0.25) is 0 Å². The topological polar surface area (TPSA) is 205 Å². The fourth-order valence-corrected chi connectivity index (χ4v) is 8.84. The molecule has 6 rings (SSSR count). The maximum absolute atomic E-state index is 14.5. The molecule has 14 heteroatoms. The highest BCUT2D eigenvalue weighted by Crippen LogP contribution is 2.55. The Morgan fingerprint density at radius 3 is 2.22 bits per heavy atom. The summed E-state index contributed by atoms with van der Waals surface area (Å²) < 4.78 is 23.7. The lowest BCUT2D eigenvalue weighted by Crippen LogP contribution is -2.46. The monoisotopic (exact) mass is 822 g/mol. The first kappa shape index (κ1) is 45.5. The molecule has 14 nitrogen and oxygen atoms in total. The van der Waals surface area contributed by atoms with Gasteiger partial charge in [0.2, 0.25) is 0 Å². The van der Waals surface area contributed by atoms with E-state index in [1.54, 1.807) is 46.8 Å². The third-order valence-electron chi connectivity index (χ3n) is 12.7. The van der Waals surface area contributed by atoms with Gasteiger partial charge in [0.05, 0.1) is 41.2 Å². The number of nitrogens with zero attached hydrogens (tertiary/aromatic N) is 1. The Labute approximate surface area is 346 Å². The van der Waals surface area contributed by atoms with E-state index in [0.717, 1.165) is 32.1 Å². The van der Waals surface area contributed by atoms with Gasteiger partial charge in [-0.3, -0.25) is 19.3 Å². The number of phenolic OH excluding ortho intramolecular Hbond substituents is 3. The maximum atomic E-state index is 14.5. The number of aliphatic hydroxyl groups excluding tert-OH is 2. The number of benzene rings is 2. The average Bonchev–Trinajstić information content (AvgIpc) is 3.47. The number of carbonyl (C=O) groups excluding carboxylic acids is 3. The van der Waals surface area contributed by atoms with E-state index in [4.69, 9.17) is 18.9 Å². The zero-order valence-corrected chi connectivity index (χ0v) is 35.9. The minimum atomic E-state index is -2.01. The minimum Gasteiger partial charge on any atom is -0.507 e. The van der Waals surface area contributed by atoms with Gasteiger partial charge in [-0.2, -0.15) is 0 Å². The Kier molecular flexibility index (Phi) is 14.1. The number of fused-ring (bicyclic) bond motifs is 14. The zero-order valence-electron chi connectivity index (χ0n) is 35.9. The second kappa shape index (κ2) is 18.3. The number of allylic oxidation sites excluding steroid dienone is 2. The number of Topliss-reactive ketones (excluding diaryl/α,β-unsaturated/α-hetero) is 1. The molecule has 1 fully saturated rings. The molecule has 1 aliphatic carbocycles. The van der Waals surface area contributed by atoms with Gasteiger partial charge in [0, 0.05) is 79.3 Å². The molecule has 0 saturated heterocycles. The molecule has 6 N–H and O–H groups in total. The molecular formula is C45H62N2O12. The third-order valence-corrected chi connectivity index (χ3v) is 12.7.